The molecule has 0 spiro atoms. The monoisotopic (exact) mass is 260 g/mol. The van der Waals surface area contributed by atoms with E-state index >= 15 is 0 Å². The number of nitrogens with zero attached hydrogens (tertiary/aromatic N) is 1. The summed E-state index contributed by atoms with van der Waals surface area (Å²) >= 11 is 0. The summed E-state index contributed by atoms with van der Waals surface area (Å²) in [5.74, 6) is 1.76. The molecule has 1 unspecified atom stereocenters. The van der Waals surface area contributed by atoms with Crippen LogP contribution < -0.4 is 10.1 Å². The number of fused-ring (bicyclic) bond motifs is 1. The fourth-order valence-electron chi connectivity index (χ4n) is 2.68. The van der Waals surface area contributed by atoms with Crippen LogP contribution in [0.25, 0.3) is 11.0 Å². The lowest BCUT2D eigenvalue weighted by Crippen LogP contribution is -2.30. The van der Waals surface area contributed by atoms with Gasteiger partial charge in [-0.1, -0.05) is 12.1 Å². The third-order valence-corrected chi connectivity index (χ3v) is 3.74. The molecule has 1 atom stereocenters. The van der Waals surface area contributed by atoms with Crippen molar-refractivity contribution < 1.29 is 9.15 Å². The number of likely N-dealkylation sites (tertiary alicyclic amines) is 1. The quantitative estimate of drug-likeness (QED) is 0.915. The van der Waals surface area contributed by atoms with Crippen molar-refractivity contribution in [3.8, 4) is 5.75 Å². The summed E-state index contributed by atoms with van der Waals surface area (Å²) in [6, 6.07) is 8.62. The lowest BCUT2D eigenvalue weighted by atomic mass is 10.2. The Balaban J connectivity index is 1.71. The number of ether oxygens (including phenoxy) is 1. The standard InChI is InChI=1S/C15H20N2O2/c1-17-7-6-12(10-17)16-9-13-8-11-4-3-5-14(18-2)15(11)19-13/h3-5,8,12,16H,6-7,9-10H2,1-2H3. The minimum Gasteiger partial charge on any atom is -0.493 e. The molecule has 0 bridgehead atoms. The summed E-state index contributed by atoms with van der Waals surface area (Å²) in [6.07, 6.45) is 1.21. The van der Waals surface area contributed by atoms with Crippen molar-refractivity contribution >= 4 is 11.0 Å². The van der Waals surface area contributed by atoms with Crippen LogP contribution in [0.5, 0.6) is 5.75 Å². The lowest BCUT2D eigenvalue weighted by Gasteiger charge is -2.11. The van der Waals surface area contributed by atoms with Crippen LogP contribution >= 0.6 is 0 Å². The molecule has 102 valence electrons. The molecule has 0 aliphatic carbocycles. The van der Waals surface area contributed by atoms with Gasteiger partial charge < -0.3 is 19.4 Å². The number of rotatable bonds is 4. The van der Waals surface area contributed by atoms with E-state index < -0.39 is 0 Å². The van der Waals surface area contributed by atoms with Gasteiger partial charge >= 0.3 is 0 Å². The molecule has 1 aliphatic rings. The van der Waals surface area contributed by atoms with E-state index in [0.717, 1.165) is 35.6 Å². The average Bonchev–Trinajstić information content (AvgIpc) is 3.01. The second kappa shape index (κ2) is 5.23. The fraction of sp³-hybridized carbons (Fsp3) is 0.467. The van der Waals surface area contributed by atoms with Crippen molar-refractivity contribution in [3.63, 3.8) is 0 Å². The first-order valence-electron chi connectivity index (χ1n) is 6.73. The zero-order chi connectivity index (χ0) is 13.2. The van der Waals surface area contributed by atoms with Gasteiger partial charge in [0.25, 0.3) is 0 Å². The minimum absolute atomic E-state index is 0.570. The van der Waals surface area contributed by atoms with Crippen LogP contribution in [0.3, 0.4) is 0 Å². The van der Waals surface area contributed by atoms with Crippen LogP contribution in [-0.4, -0.2) is 38.2 Å². The van der Waals surface area contributed by atoms with E-state index in [9.17, 15) is 0 Å². The molecule has 3 rings (SSSR count). The van der Waals surface area contributed by atoms with Crippen molar-refractivity contribution in [2.24, 2.45) is 0 Å². The molecule has 1 saturated heterocycles. The van der Waals surface area contributed by atoms with Crippen molar-refractivity contribution in [1.29, 1.82) is 0 Å². The molecule has 1 fully saturated rings. The number of benzene rings is 1. The number of nitrogens with one attached hydrogen (secondary N) is 1. The lowest BCUT2D eigenvalue weighted by molar-refractivity contribution is 0.388. The molecule has 0 saturated carbocycles. The van der Waals surface area contributed by atoms with Gasteiger partial charge in [0.15, 0.2) is 11.3 Å². The van der Waals surface area contributed by atoms with Gasteiger partial charge in [-0.2, -0.15) is 0 Å². The Morgan fingerprint density at radius 2 is 2.37 bits per heavy atom. The molecule has 2 aromatic rings. The summed E-state index contributed by atoms with van der Waals surface area (Å²) in [5.41, 5.74) is 0.838. The largest absolute Gasteiger partial charge is 0.493 e. The van der Waals surface area contributed by atoms with E-state index in [4.69, 9.17) is 9.15 Å². The van der Waals surface area contributed by atoms with Crippen LogP contribution in [0, 0.1) is 0 Å². The van der Waals surface area contributed by atoms with E-state index in [-0.39, 0.29) is 0 Å². The zero-order valence-electron chi connectivity index (χ0n) is 11.5. The Labute approximate surface area is 113 Å². The van der Waals surface area contributed by atoms with E-state index in [1.807, 2.05) is 18.2 Å². The highest BCUT2D eigenvalue weighted by atomic mass is 16.5. The predicted molar refractivity (Wildman–Crippen MR) is 75.5 cm³/mol. The van der Waals surface area contributed by atoms with E-state index in [1.165, 1.54) is 13.0 Å². The smallest absolute Gasteiger partial charge is 0.176 e. The van der Waals surface area contributed by atoms with Gasteiger partial charge in [-0.25, -0.2) is 0 Å². The van der Waals surface area contributed by atoms with Crippen LogP contribution in [-0.2, 0) is 6.54 Å². The minimum atomic E-state index is 0.570. The summed E-state index contributed by atoms with van der Waals surface area (Å²) in [5, 5.41) is 4.65. The Kier molecular flexibility index (Phi) is 3.44. The van der Waals surface area contributed by atoms with Gasteiger partial charge in [0.2, 0.25) is 0 Å². The summed E-state index contributed by atoms with van der Waals surface area (Å²) in [4.78, 5) is 2.35. The highest BCUT2D eigenvalue weighted by molar-refractivity contribution is 5.83. The van der Waals surface area contributed by atoms with Crippen LogP contribution in [0.2, 0.25) is 0 Å². The van der Waals surface area contributed by atoms with Crippen LogP contribution in [0.15, 0.2) is 28.7 Å². The topological polar surface area (TPSA) is 37.6 Å². The molecule has 1 N–H and O–H groups in total. The molecule has 1 aliphatic heterocycles. The van der Waals surface area contributed by atoms with Gasteiger partial charge in [0.05, 0.1) is 13.7 Å². The number of furan rings is 1. The summed E-state index contributed by atoms with van der Waals surface area (Å²) < 4.78 is 11.2. The molecule has 4 heteroatoms. The Morgan fingerprint density at radius 3 is 3.11 bits per heavy atom. The van der Waals surface area contributed by atoms with Gasteiger partial charge in [0, 0.05) is 18.0 Å². The summed E-state index contributed by atoms with van der Waals surface area (Å²) in [7, 11) is 3.83. The number of hydrogen-bond acceptors (Lipinski definition) is 4. The highest BCUT2D eigenvalue weighted by Crippen LogP contribution is 2.28. The first-order chi connectivity index (χ1) is 9.26. The van der Waals surface area contributed by atoms with Gasteiger partial charge in [-0.3, -0.25) is 0 Å². The highest BCUT2D eigenvalue weighted by Gasteiger charge is 2.19. The second-order valence-corrected chi connectivity index (χ2v) is 5.22. The molecular formula is C15H20N2O2. The SMILES string of the molecule is COc1cccc2cc(CNC3CCN(C)C3)oc12. The zero-order valence-corrected chi connectivity index (χ0v) is 11.5. The molecule has 0 radical (unpaired) electrons. The molecule has 1 aromatic heterocycles. The molecule has 4 nitrogen and oxygen atoms in total. The molecule has 19 heavy (non-hydrogen) atoms. The number of hydrogen-bond donors (Lipinski definition) is 1. The fourth-order valence-corrected chi connectivity index (χ4v) is 2.68. The third-order valence-electron chi connectivity index (χ3n) is 3.74. The van der Waals surface area contributed by atoms with Crippen molar-refractivity contribution in [2.75, 3.05) is 27.2 Å². The Bertz CT molecular complexity index is 564. The third kappa shape index (κ3) is 2.60. The van der Waals surface area contributed by atoms with Crippen molar-refractivity contribution in [3.05, 3.63) is 30.0 Å². The van der Waals surface area contributed by atoms with Gasteiger partial charge in [-0.15, -0.1) is 0 Å². The van der Waals surface area contributed by atoms with E-state index in [2.05, 4.69) is 23.3 Å². The van der Waals surface area contributed by atoms with Gasteiger partial charge in [0.1, 0.15) is 5.76 Å². The van der Waals surface area contributed by atoms with Gasteiger partial charge in [-0.05, 0) is 32.1 Å². The maximum Gasteiger partial charge on any atom is 0.176 e. The first kappa shape index (κ1) is 12.5. The predicted octanol–water partition coefficient (Wildman–Crippen LogP) is 2.24. The Hall–Kier alpha value is -1.52. The van der Waals surface area contributed by atoms with Crippen molar-refractivity contribution in [2.45, 2.75) is 19.0 Å². The second-order valence-electron chi connectivity index (χ2n) is 5.22. The number of likely N-dealkylation sites (N-methyl/N-ethyl adjacent to an activating group) is 1. The molecular weight excluding hydrogens is 240 g/mol. The van der Waals surface area contributed by atoms with E-state index in [0.29, 0.717) is 6.04 Å². The maximum atomic E-state index is 5.88. The maximum absolute atomic E-state index is 5.88. The average molecular weight is 260 g/mol. The van der Waals surface area contributed by atoms with Crippen molar-refractivity contribution in [1.82, 2.24) is 10.2 Å². The van der Waals surface area contributed by atoms with Crippen LogP contribution in [0.1, 0.15) is 12.2 Å². The molecule has 1 aromatic carbocycles. The first-order valence-corrected chi connectivity index (χ1v) is 6.73. The molecule has 2 heterocycles. The molecule has 0 amide bonds. The number of para-hydroxylation sites is 1. The normalized spacial score (nSPS) is 20.2. The summed E-state index contributed by atoms with van der Waals surface area (Å²) in [6.45, 7) is 3.06. The Morgan fingerprint density at radius 1 is 1.47 bits per heavy atom. The van der Waals surface area contributed by atoms with E-state index in [1.54, 1.807) is 7.11 Å². The number of methoxy groups -OCH3 is 1. The van der Waals surface area contributed by atoms with Crippen LogP contribution in [0.4, 0.5) is 0 Å².